The third-order valence-electron chi connectivity index (χ3n) is 2.72. The molecule has 0 atom stereocenters. The van der Waals surface area contributed by atoms with Gasteiger partial charge in [0.1, 0.15) is 6.61 Å². The average Bonchev–Trinajstić information content (AvgIpc) is 2.40. The van der Waals surface area contributed by atoms with Crippen molar-refractivity contribution in [2.24, 2.45) is 0 Å². The van der Waals surface area contributed by atoms with E-state index < -0.39 is 0 Å². The quantitative estimate of drug-likeness (QED) is 0.901. The molecule has 4 heteroatoms. The highest BCUT2D eigenvalue weighted by molar-refractivity contribution is 9.10. The van der Waals surface area contributed by atoms with E-state index in [1.807, 2.05) is 25.2 Å². The van der Waals surface area contributed by atoms with Gasteiger partial charge in [0, 0.05) is 16.6 Å². The molecule has 0 spiro atoms. The summed E-state index contributed by atoms with van der Waals surface area (Å²) in [5, 5.41) is 3.09. The van der Waals surface area contributed by atoms with Crippen LogP contribution in [0.25, 0.3) is 0 Å². The molecule has 19 heavy (non-hydrogen) atoms. The third kappa shape index (κ3) is 3.78. The van der Waals surface area contributed by atoms with Gasteiger partial charge in [0.15, 0.2) is 11.6 Å². The Bertz CT molecular complexity index is 560. The van der Waals surface area contributed by atoms with E-state index in [4.69, 9.17) is 4.74 Å². The third-order valence-corrected chi connectivity index (χ3v) is 3.46. The van der Waals surface area contributed by atoms with Crippen molar-refractivity contribution >= 4 is 15.9 Å². The summed E-state index contributed by atoms with van der Waals surface area (Å²) < 4.78 is 19.9. The lowest BCUT2D eigenvalue weighted by molar-refractivity contribution is 0.289. The zero-order chi connectivity index (χ0) is 13.7. The molecule has 0 heterocycles. The first kappa shape index (κ1) is 14.0. The van der Waals surface area contributed by atoms with E-state index in [1.165, 1.54) is 11.6 Å². The van der Waals surface area contributed by atoms with Gasteiger partial charge in [-0.05, 0) is 30.8 Å². The fourth-order valence-corrected chi connectivity index (χ4v) is 2.28. The van der Waals surface area contributed by atoms with Gasteiger partial charge in [-0.1, -0.05) is 40.2 Å². The van der Waals surface area contributed by atoms with Crippen molar-refractivity contribution in [1.82, 2.24) is 5.32 Å². The molecule has 0 aliphatic rings. The van der Waals surface area contributed by atoms with Gasteiger partial charge in [0.25, 0.3) is 0 Å². The number of halogens is 2. The fraction of sp³-hybridized carbons (Fsp3) is 0.200. The lowest BCUT2D eigenvalue weighted by atomic mass is 10.1. The number of hydrogen-bond acceptors (Lipinski definition) is 2. The molecular formula is C15H15BrFNO. The van der Waals surface area contributed by atoms with Crippen LogP contribution in [0.3, 0.4) is 0 Å². The number of ether oxygens (including phenoxy) is 1. The predicted molar refractivity (Wildman–Crippen MR) is 77.6 cm³/mol. The van der Waals surface area contributed by atoms with Gasteiger partial charge < -0.3 is 10.1 Å². The van der Waals surface area contributed by atoms with Crippen molar-refractivity contribution in [1.29, 1.82) is 0 Å². The van der Waals surface area contributed by atoms with Crippen LogP contribution in [0.2, 0.25) is 0 Å². The van der Waals surface area contributed by atoms with E-state index >= 15 is 0 Å². The normalized spacial score (nSPS) is 10.5. The molecule has 2 aromatic carbocycles. The molecule has 2 rings (SSSR count). The van der Waals surface area contributed by atoms with Crippen LogP contribution in [0, 0.1) is 5.82 Å². The molecule has 2 nitrogen and oxygen atoms in total. The zero-order valence-corrected chi connectivity index (χ0v) is 12.2. The molecule has 1 N–H and O–H groups in total. The molecular weight excluding hydrogens is 309 g/mol. The van der Waals surface area contributed by atoms with Gasteiger partial charge in [-0.15, -0.1) is 0 Å². The second kappa shape index (κ2) is 6.68. The molecule has 0 unspecified atom stereocenters. The van der Waals surface area contributed by atoms with Gasteiger partial charge in [-0.3, -0.25) is 0 Å². The number of hydrogen-bond donors (Lipinski definition) is 1. The van der Waals surface area contributed by atoms with Crippen molar-refractivity contribution in [3.8, 4) is 5.75 Å². The highest BCUT2D eigenvalue weighted by Gasteiger charge is 2.05. The average molecular weight is 324 g/mol. The molecule has 0 aliphatic carbocycles. The first-order chi connectivity index (χ1) is 9.20. The van der Waals surface area contributed by atoms with Crippen LogP contribution in [0.1, 0.15) is 11.1 Å². The van der Waals surface area contributed by atoms with E-state index in [-0.39, 0.29) is 11.6 Å². The molecule has 0 radical (unpaired) electrons. The summed E-state index contributed by atoms with van der Waals surface area (Å²) in [5.41, 5.74) is 2.17. The van der Waals surface area contributed by atoms with E-state index in [0.717, 1.165) is 16.6 Å². The molecule has 2 aromatic rings. The maximum Gasteiger partial charge on any atom is 0.165 e. The molecule has 0 aromatic heterocycles. The summed E-state index contributed by atoms with van der Waals surface area (Å²) in [6, 6.07) is 12.5. The molecule has 0 saturated heterocycles. The number of nitrogens with one attached hydrogen (secondary N) is 1. The van der Waals surface area contributed by atoms with E-state index in [9.17, 15) is 4.39 Å². The van der Waals surface area contributed by atoms with Crippen LogP contribution in [0.4, 0.5) is 4.39 Å². The lowest BCUT2D eigenvalue weighted by Crippen LogP contribution is -2.05. The van der Waals surface area contributed by atoms with Crippen LogP contribution >= 0.6 is 15.9 Å². The highest BCUT2D eigenvalue weighted by atomic mass is 79.9. The minimum absolute atomic E-state index is 0.272. The highest BCUT2D eigenvalue weighted by Crippen LogP contribution is 2.22. The Morgan fingerprint density at radius 1 is 1.21 bits per heavy atom. The Morgan fingerprint density at radius 3 is 2.68 bits per heavy atom. The Labute approximate surface area is 120 Å². The number of rotatable bonds is 5. The lowest BCUT2D eigenvalue weighted by Gasteiger charge is -2.10. The number of para-hydroxylation sites is 1. The van der Waals surface area contributed by atoms with Crippen molar-refractivity contribution in [3.63, 3.8) is 0 Å². The second-order valence-corrected chi connectivity index (χ2v) is 5.03. The topological polar surface area (TPSA) is 21.3 Å². The smallest absolute Gasteiger partial charge is 0.165 e. The summed E-state index contributed by atoms with van der Waals surface area (Å²) in [7, 11) is 1.91. The zero-order valence-electron chi connectivity index (χ0n) is 10.6. The molecule has 0 aliphatic heterocycles. The monoisotopic (exact) mass is 323 g/mol. The van der Waals surface area contributed by atoms with E-state index in [1.54, 1.807) is 18.2 Å². The summed E-state index contributed by atoms with van der Waals surface area (Å²) in [6.07, 6.45) is 0. The maximum atomic E-state index is 13.4. The summed E-state index contributed by atoms with van der Waals surface area (Å²) in [5.74, 6) is -0.0703. The summed E-state index contributed by atoms with van der Waals surface area (Å²) >= 11 is 3.51. The molecule has 0 amide bonds. The molecule has 0 bridgehead atoms. The Hall–Kier alpha value is -1.39. The van der Waals surface area contributed by atoms with Crippen LogP contribution in [-0.2, 0) is 13.2 Å². The second-order valence-electron chi connectivity index (χ2n) is 4.18. The SMILES string of the molecule is CNCc1ccc(COc2ccccc2F)c(Br)c1. The minimum atomic E-state index is -0.342. The van der Waals surface area contributed by atoms with E-state index in [0.29, 0.717) is 6.61 Å². The van der Waals surface area contributed by atoms with Gasteiger partial charge in [-0.2, -0.15) is 0 Å². The largest absolute Gasteiger partial charge is 0.486 e. The summed E-state index contributed by atoms with van der Waals surface area (Å²) in [6.45, 7) is 1.15. The molecule has 0 saturated carbocycles. The van der Waals surface area contributed by atoms with Crippen molar-refractivity contribution < 1.29 is 9.13 Å². The van der Waals surface area contributed by atoms with Crippen molar-refractivity contribution in [2.45, 2.75) is 13.2 Å². The van der Waals surface area contributed by atoms with Gasteiger partial charge >= 0.3 is 0 Å². The van der Waals surface area contributed by atoms with Gasteiger partial charge in [0.05, 0.1) is 0 Å². The summed E-state index contributed by atoms with van der Waals surface area (Å²) in [4.78, 5) is 0. The first-order valence-electron chi connectivity index (χ1n) is 6.00. The van der Waals surface area contributed by atoms with E-state index in [2.05, 4.69) is 21.2 Å². The van der Waals surface area contributed by atoms with Crippen LogP contribution in [0.15, 0.2) is 46.9 Å². The fourth-order valence-electron chi connectivity index (χ4n) is 1.74. The van der Waals surface area contributed by atoms with Crippen LogP contribution in [-0.4, -0.2) is 7.05 Å². The Balaban J connectivity index is 2.06. The molecule has 100 valence electrons. The Kier molecular flexibility index (Phi) is 4.93. The predicted octanol–water partition coefficient (Wildman–Crippen LogP) is 3.89. The Morgan fingerprint density at radius 2 is 2.00 bits per heavy atom. The maximum absolute atomic E-state index is 13.4. The standard InChI is InChI=1S/C15H15BrFNO/c1-18-9-11-6-7-12(13(16)8-11)10-19-15-5-3-2-4-14(15)17/h2-8,18H,9-10H2,1H3. The minimum Gasteiger partial charge on any atom is -0.486 e. The van der Waals surface area contributed by atoms with Crippen molar-refractivity contribution in [3.05, 3.63) is 63.9 Å². The van der Waals surface area contributed by atoms with Crippen molar-refractivity contribution in [2.75, 3.05) is 7.05 Å². The van der Waals surface area contributed by atoms with Crippen LogP contribution < -0.4 is 10.1 Å². The van der Waals surface area contributed by atoms with Gasteiger partial charge in [-0.25, -0.2) is 4.39 Å². The van der Waals surface area contributed by atoms with Gasteiger partial charge in [0.2, 0.25) is 0 Å². The number of benzene rings is 2. The van der Waals surface area contributed by atoms with Crippen LogP contribution in [0.5, 0.6) is 5.75 Å². The molecule has 0 fully saturated rings. The first-order valence-corrected chi connectivity index (χ1v) is 6.79.